The summed E-state index contributed by atoms with van der Waals surface area (Å²) in [7, 11) is 0. The molecule has 3 heteroatoms. The topological polar surface area (TPSA) is 29.9 Å². The number of aromatic nitrogens is 2. The maximum atomic E-state index is 4.56. The van der Waals surface area contributed by atoms with E-state index >= 15 is 0 Å². The first-order valence-electron chi connectivity index (χ1n) is 7.33. The lowest BCUT2D eigenvalue weighted by atomic mass is 10.0. The summed E-state index contributed by atoms with van der Waals surface area (Å²) >= 11 is 0. The largest absolute Gasteiger partial charge is 0.353 e. The minimum atomic E-state index is 0.501. The highest BCUT2D eigenvalue weighted by Crippen LogP contribution is 2.14. The normalized spacial score (nSPS) is 13.0. The van der Waals surface area contributed by atoms with E-state index in [4.69, 9.17) is 0 Å². The van der Waals surface area contributed by atoms with Gasteiger partial charge in [-0.25, -0.2) is 4.98 Å². The maximum absolute atomic E-state index is 4.56. The summed E-state index contributed by atoms with van der Waals surface area (Å²) in [6.07, 6.45) is 7.10. The standard InChI is InChI=1S/C15H29N3/c1-6-10-18-11-14(5)17-15(18)16-13(4)9-7-8-12(2)3/h11-13H,6-10H2,1-5H3,(H,16,17). The first kappa shape index (κ1) is 15.1. The molecule has 0 amide bonds. The molecule has 1 atom stereocenters. The van der Waals surface area contributed by atoms with Crippen LogP contribution >= 0.6 is 0 Å². The molecule has 104 valence electrons. The molecule has 0 radical (unpaired) electrons. The van der Waals surface area contributed by atoms with Crippen LogP contribution in [0.25, 0.3) is 0 Å². The Labute approximate surface area is 112 Å². The molecule has 0 aliphatic heterocycles. The van der Waals surface area contributed by atoms with E-state index in [1.165, 1.54) is 19.3 Å². The van der Waals surface area contributed by atoms with E-state index in [9.17, 15) is 0 Å². The van der Waals surface area contributed by atoms with E-state index in [1.807, 2.05) is 0 Å². The van der Waals surface area contributed by atoms with Gasteiger partial charge in [0.05, 0.1) is 5.69 Å². The minimum absolute atomic E-state index is 0.501. The summed E-state index contributed by atoms with van der Waals surface area (Å²) in [5.41, 5.74) is 1.10. The number of rotatable bonds is 8. The number of hydrogen-bond donors (Lipinski definition) is 1. The SMILES string of the molecule is CCCn1cc(C)nc1NC(C)CCCC(C)C. The van der Waals surface area contributed by atoms with E-state index in [1.54, 1.807) is 0 Å². The molecule has 1 N–H and O–H groups in total. The van der Waals surface area contributed by atoms with Crippen molar-refractivity contribution in [2.45, 2.75) is 72.9 Å². The monoisotopic (exact) mass is 251 g/mol. The second-order valence-corrected chi connectivity index (χ2v) is 5.77. The third-order valence-corrected chi connectivity index (χ3v) is 3.16. The van der Waals surface area contributed by atoms with Crippen molar-refractivity contribution >= 4 is 5.95 Å². The molecule has 0 saturated carbocycles. The predicted molar refractivity (Wildman–Crippen MR) is 79.0 cm³/mol. The van der Waals surface area contributed by atoms with Crippen LogP contribution in [0.2, 0.25) is 0 Å². The fraction of sp³-hybridized carbons (Fsp3) is 0.800. The van der Waals surface area contributed by atoms with Crippen LogP contribution in [-0.4, -0.2) is 15.6 Å². The third kappa shape index (κ3) is 5.11. The van der Waals surface area contributed by atoms with Gasteiger partial charge < -0.3 is 9.88 Å². The van der Waals surface area contributed by atoms with Gasteiger partial charge in [0.2, 0.25) is 5.95 Å². The molecule has 1 unspecified atom stereocenters. The average Bonchev–Trinajstić information content (AvgIpc) is 2.59. The molecule has 3 nitrogen and oxygen atoms in total. The van der Waals surface area contributed by atoms with Gasteiger partial charge in [0, 0.05) is 18.8 Å². The van der Waals surface area contributed by atoms with Gasteiger partial charge in [-0.1, -0.05) is 33.6 Å². The van der Waals surface area contributed by atoms with Crippen LogP contribution in [0.4, 0.5) is 5.95 Å². The number of anilines is 1. The Balaban J connectivity index is 2.45. The van der Waals surface area contributed by atoms with Gasteiger partial charge >= 0.3 is 0 Å². The van der Waals surface area contributed by atoms with Gasteiger partial charge in [-0.15, -0.1) is 0 Å². The van der Waals surface area contributed by atoms with Crippen molar-refractivity contribution in [1.82, 2.24) is 9.55 Å². The van der Waals surface area contributed by atoms with Crippen molar-refractivity contribution in [2.75, 3.05) is 5.32 Å². The molecule has 1 heterocycles. The molecular weight excluding hydrogens is 222 g/mol. The smallest absolute Gasteiger partial charge is 0.203 e. The van der Waals surface area contributed by atoms with Gasteiger partial charge in [0.1, 0.15) is 0 Å². The maximum Gasteiger partial charge on any atom is 0.203 e. The Morgan fingerprint density at radius 1 is 1.28 bits per heavy atom. The first-order chi connectivity index (χ1) is 8.52. The predicted octanol–water partition coefficient (Wildman–Crippen LogP) is 4.23. The van der Waals surface area contributed by atoms with Crippen molar-refractivity contribution in [3.8, 4) is 0 Å². The lowest BCUT2D eigenvalue weighted by Gasteiger charge is -2.16. The Hall–Kier alpha value is -0.990. The third-order valence-electron chi connectivity index (χ3n) is 3.16. The Bertz CT molecular complexity index is 342. The Morgan fingerprint density at radius 3 is 2.61 bits per heavy atom. The van der Waals surface area contributed by atoms with Crippen LogP contribution in [-0.2, 0) is 6.54 Å². The molecule has 18 heavy (non-hydrogen) atoms. The molecule has 0 fully saturated rings. The highest BCUT2D eigenvalue weighted by atomic mass is 15.2. The van der Waals surface area contributed by atoms with E-state index in [0.717, 1.165) is 30.5 Å². The van der Waals surface area contributed by atoms with Crippen LogP contribution in [0.5, 0.6) is 0 Å². The first-order valence-corrected chi connectivity index (χ1v) is 7.33. The van der Waals surface area contributed by atoms with Gasteiger partial charge in [0.25, 0.3) is 0 Å². The summed E-state index contributed by atoms with van der Waals surface area (Å²) in [6, 6.07) is 0.501. The van der Waals surface area contributed by atoms with Crippen LogP contribution in [0.3, 0.4) is 0 Å². The summed E-state index contributed by atoms with van der Waals surface area (Å²) < 4.78 is 2.23. The number of hydrogen-bond acceptors (Lipinski definition) is 2. The van der Waals surface area contributed by atoms with Crippen LogP contribution in [0.15, 0.2) is 6.20 Å². The van der Waals surface area contributed by atoms with E-state index < -0.39 is 0 Å². The second-order valence-electron chi connectivity index (χ2n) is 5.77. The summed E-state index contributed by atoms with van der Waals surface area (Å²) in [5.74, 6) is 1.84. The van der Waals surface area contributed by atoms with Crippen molar-refractivity contribution in [1.29, 1.82) is 0 Å². The van der Waals surface area contributed by atoms with Crippen molar-refractivity contribution in [2.24, 2.45) is 5.92 Å². The molecule has 1 rings (SSSR count). The van der Waals surface area contributed by atoms with Gasteiger partial charge in [0.15, 0.2) is 0 Å². The van der Waals surface area contributed by atoms with Crippen LogP contribution < -0.4 is 5.32 Å². The number of nitrogens with one attached hydrogen (secondary N) is 1. The van der Waals surface area contributed by atoms with Gasteiger partial charge in [-0.05, 0) is 32.6 Å². The summed E-state index contributed by atoms with van der Waals surface area (Å²) in [4.78, 5) is 4.56. The average molecular weight is 251 g/mol. The van der Waals surface area contributed by atoms with E-state index in [2.05, 4.69) is 55.7 Å². The zero-order valence-corrected chi connectivity index (χ0v) is 12.7. The molecule has 1 aromatic rings. The van der Waals surface area contributed by atoms with Gasteiger partial charge in [-0.3, -0.25) is 0 Å². The number of aryl methyl sites for hydroxylation is 2. The van der Waals surface area contributed by atoms with Crippen LogP contribution in [0.1, 0.15) is 59.1 Å². The molecule has 0 aliphatic carbocycles. The molecule has 0 aliphatic rings. The lowest BCUT2D eigenvalue weighted by Crippen LogP contribution is -2.18. The molecule has 0 spiro atoms. The molecule has 1 aromatic heterocycles. The van der Waals surface area contributed by atoms with Crippen molar-refractivity contribution in [3.63, 3.8) is 0 Å². The van der Waals surface area contributed by atoms with Crippen molar-refractivity contribution in [3.05, 3.63) is 11.9 Å². The fourth-order valence-corrected chi connectivity index (χ4v) is 2.20. The zero-order chi connectivity index (χ0) is 13.5. The second kappa shape index (κ2) is 7.45. The molecular formula is C15H29N3. The Kier molecular flexibility index (Phi) is 6.23. The number of imidazole rings is 1. The van der Waals surface area contributed by atoms with Gasteiger partial charge in [-0.2, -0.15) is 0 Å². The van der Waals surface area contributed by atoms with E-state index in [0.29, 0.717) is 6.04 Å². The highest BCUT2D eigenvalue weighted by molar-refractivity contribution is 5.29. The zero-order valence-electron chi connectivity index (χ0n) is 12.7. The summed E-state index contributed by atoms with van der Waals surface area (Å²) in [5, 5.41) is 3.54. The molecule has 0 bridgehead atoms. The number of nitrogens with zero attached hydrogens (tertiary/aromatic N) is 2. The summed E-state index contributed by atoms with van der Waals surface area (Å²) in [6.45, 7) is 12.1. The Morgan fingerprint density at radius 2 is 2.00 bits per heavy atom. The lowest BCUT2D eigenvalue weighted by molar-refractivity contribution is 0.518. The molecule has 0 aromatic carbocycles. The molecule has 0 saturated heterocycles. The minimum Gasteiger partial charge on any atom is -0.353 e. The van der Waals surface area contributed by atoms with Crippen molar-refractivity contribution < 1.29 is 0 Å². The fourth-order valence-electron chi connectivity index (χ4n) is 2.20. The van der Waals surface area contributed by atoms with Crippen LogP contribution in [0, 0.1) is 12.8 Å². The highest BCUT2D eigenvalue weighted by Gasteiger charge is 2.08. The van der Waals surface area contributed by atoms with E-state index in [-0.39, 0.29) is 0 Å². The quantitative estimate of drug-likeness (QED) is 0.749.